The summed E-state index contributed by atoms with van der Waals surface area (Å²) in [6, 6.07) is 0. The zero-order chi connectivity index (χ0) is 54.2. The Balaban J connectivity index is 0.849. The maximum Gasteiger partial charge on any atom is 0.189 e. The molecular weight excluding hydrogens is 997 g/mol. The second-order valence-electron chi connectivity index (χ2n) is 23.7. The number of aliphatic hydroxyl groups excluding tert-OH is 14. The molecule has 432 valence electrons. The van der Waals surface area contributed by atoms with Crippen molar-refractivity contribution in [3.05, 3.63) is 11.6 Å². The van der Waals surface area contributed by atoms with Crippen LogP contribution >= 0.6 is 0 Å². The second kappa shape index (κ2) is 23.0. The predicted octanol–water partition coefficient (Wildman–Crippen LogP) is -3.42. The third kappa shape index (κ3) is 10.6. The lowest BCUT2D eigenvalue weighted by atomic mass is 9.47. The van der Waals surface area contributed by atoms with E-state index in [1.165, 1.54) is 5.57 Å². The van der Waals surface area contributed by atoms with Gasteiger partial charge in [0.2, 0.25) is 0 Å². The van der Waals surface area contributed by atoms with Crippen LogP contribution in [0.25, 0.3) is 0 Å². The fourth-order valence-corrected chi connectivity index (χ4v) is 15.0. The molecule has 0 amide bonds. The Labute approximate surface area is 435 Å². The summed E-state index contributed by atoms with van der Waals surface area (Å²) in [6.07, 6.45) is -23.5. The molecule has 0 aromatic heterocycles. The molecule has 9 rings (SSSR count). The van der Waals surface area contributed by atoms with Crippen molar-refractivity contribution in [2.24, 2.45) is 46.3 Å². The highest BCUT2D eigenvalue weighted by Crippen LogP contribution is 2.70. The van der Waals surface area contributed by atoms with E-state index in [1.54, 1.807) is 7.11 Å². The first-order chi connectivity index (χ1) is 35.5. The van der Waals surface area contributed by atoms with Gasteiger partial charge in [0.25, 0.3) is 0 Å². The number of methoxy groups -OCH3 is 1. The Morgan fingerprint density at radius 1 is 0.653 bits per heavy atom. The van der Waals surface area contributed by atoms with Crippen molar-refractivity contribution >= 4 is 0 Å². The molecule has 0 unspecified atom stereocenters. The Kier molecular flexibility index (Phi) is 17.9. The normalized spacial score (nSPS) is 54.3. The number of aliphatic hydroxyl groups is 14. The van der Waals surface area contributed by atoms with Crippen molar-refractivity contribution < 1.29 is 119 Å². The Morgan fingerprint density at radius 3 is 1.89 bits per heavy atom. The quantitative estimate of drug-likeness (QED) is 0.0669. The highest BCUT2D eigenvalue weighted by Gasteiger charge is 2.68. The van der Waals surface area contributed by atoms with E-state index in [4.69, 9.17) is 47.4 Å². The van der Waals surface area contributed by atoms with Crippen LogP contribution in [0.15, 0.2) is 11.6 Å². The first kappa shape index (κ1) is 58.4. The van der Waals surface area contributed by atoms with Crippen molar-refractivity contribution in [1.82, 2.24) is 0 Å². The molecule has 3 saturated carbocycles. The number of ether oxygens (including phenoxy) is 10. The largest absolute Gasteiger partial charge is 0.394 e. The van der Waals surface area contributed by atoms with E-state index in [2.05, 4.69) is 26.8 Å². The topological polar surface area (TPSA) is 376 Å². The number of hydrogen-bond donors (Lipinski definition) is 14. The van der Waals surface area contributed by atoms with Gasteiger partial charge in [0.1, 0.15) is 91.6 Å². The summed E-state index contributed by atoms with van der Waals surface area (Å²) >= 11 is 0. The van der Waals surface area contributed by atoms with E-state index in [9.17, 15) is 71.5 Å². The van der Waals surface area contributed by atoms with Gasteiger partial charge in [-0.25, -0.2) is 0 Å². The lowest BCUT2D eigenvalue weighted by Gasteiger charge is -2.58. The Morgan fingerprint density at radius 2 is 1.25 bits per heavy atom. The summed E-state index contributed by atoms with van der Waals surface area (Å²) in [6.45, 7) is 7.43. The minimum Gasteiger partial charge on any atom is -0.394 e. The van der Waals surface area contributed by atoms with Gasteiger partial charge in [-0.2, -0.15) is 0 Å². The predicted molar refractivity (Wildman–Crippen MR) is 252 cm³/mol. The van der Waals surface area contributed by atoms with Crippen LogP contribution in [0.2, 0.25) is 0 Å². The zero-order valence-corrected chi connectivity index (χ0v) is 43.3. The van der Waals surface area contributed by atoms with Gasteiger partial charge in [-0.1, -0.05) is 39.3 Å². The minimum absolute atomic E-state index is 0.000583. The van der Waals surface area contributed by atoms with Crippen LogP contribution in [0.4, 0.5) is 0 Å². The molecule has 4 aliphatic carbocycles. The molecule has 0 radical (unpaired) electrons. The number of hydrogen-bond acceptors (Lipinski definition) is 24. The maximum atomic E-state index is 11.6. The van der Waals surface area contributed by atoms with E-state index in [1.807, 2.05) is 6.92 Å². The third-order valence-corrected chi connectivity index (χ3v) is 19.5. The van der Waals surface area contributed by atoms with E-state index in [0.29, 0.717) is 43.4 Å². The zero-order valence-electron chi connectivity index (χ0n) is 43.3. The summed E-state index contributed by atoms with van der Waals surface area (Å²) in [5.74, 6) is 0.699. The summed E-state index contributed by atoms with van der Waals surface area (Å²) in [5, 5.41) is 146. The fraction of sp³-hybridized carbons (Fsp3) is 0.961. The molecule has 8 fully saturated rings. The van der Waals surface area contributed by atoms with Crippen molar-refractivity contribution in [3.63, 3.8) is 0 Å². The molecule has 5 aliphatic heterocycles. The molecule has 0 bridgehead atoms. The standard InChI is InChI=1S/C51H84O24/c1-20(18-67-45-40(62)35(57)32(54)28(16-52)70-45)8-13-51(66-5)21(2)31-27(75-51)15-26-24-7-6-22-14-23(9-11-49(22,3)25(24)10-12-50(26,31)4)69-48-43(73-47-42(64)37(59)39(61)44(65)74-47)38(60)34(56)30(72-48)19-68-46-41(63)36(58)33(55)29(17-53)71-46/h6,20-21,23-48,52-65H,7-19H2,1-5H3/t20-,21+,23+,24-,25+,26-,27+,28-,29-,30-,31+,32-,33-,34-,35+,36+,37-,38+,39-,40-,41-,42-,43-,44-,45-,46-,47-,48-,49+,50+,51-/m1/s1. The SMILES string of the molecule is CO[C@]1(CC[C@@H](C)CO[C@@H]2O[C@H](CO)[C@@H](O)[C@H](O)[C@H]2O)O[C@H]2C[C@@H]3[C@@H]4CC=C5C[C@@H](O[C@@H]6O[C@H](CO[C@@H]7O[C@H](CO)[C@@H](O)[C@H](O)[C@H]7O)[C@@H](O)[C@H](O)[C@H]6O[C@@H]6O[C@@H](O)[C@H](O)[C@@H](O)[C@H]6O)CC[C@]5(C)[C@H]4CC[C@]3(C)[C@H]2[C@@H]1C. The summed E-state index contributed by atoms with van der Waals surface area (Å²) < 4.78 is 60.0. The van der Waals surface area contributed by atoms with Crippen LogP contribution in [0.3, 0.4) is 0 Å². The summed E-state index contributed by atoms with van der Waals surface area (Å²) in [7, 11) is 1.70. The van der Waals surface area contributed by atoms with Crippen LogP contribution in [0.5, 0.6) is 0 Å². The van der Waals surface area contributed by atoms with E-state index in [-0.39, 0.29) is 41.3 Å². The lowest BCUT2D eigenvalue weighted by Crippen LogP contribution is -2.65. The first-order valence-electron chi connectivity index (χ1n) is 27.0. The average molecular weight is 1080 g/mol. The molecule has 14 N–H and O–H groups in total. The average Bonchev–Trinajstić information content (AvgIpc) is 3.91. The molecule has 24 heteroatoms. The maximum absolute atomic E-state index is 11.6. The molecule has 0 aromatic rings. The van der Waals surface area contributed by atoms with Gasteiger partial charge in [0.05, 0.1) is 38.6 Å². The van der Waals surface area contributed by atoms with E-state index in [0.717, 1.165) is 32.1 Å². The van der Waals surface area contributed by atoms with Crippen LogP contribution in [-0.2, 0) is 47.4 Å². The lowest BCUT2D eigenvalue weighted by molar-refractivity contribution is -0.390. The Hall–Kier alpha value is -1.22. The highest BCUT2D eigenvalue weighted by atomic mass is 16.8. The molecule has 31 atom stereocenters. The minimum atomic E-state index is -1.97. The summed E-state index contributed by atoms with van der Waals surface area (Å²) in [5.41, 5.74) is 1.07. The van der Waals surface area contributed by atoms with E-state index < -0.39 is 155 Å². The smallest absolute Gasteiger partial charge is 0.189 e. The molecule has 0 aromatic carbocycles. The van der Waals surface area contributed by atoms with Crippen LogP contribution in [-0.4, -0.2) is 246 Å². The Bertz CT molecular complexity index is 1930. The van der Waals surface area contributed by atoms with Crippen LogP contribution in [0, 0.1) is 46.3 Å². The van der Waals surface area contributed by atoms with Crippen molar-refractivity contribution in [2.75, 3.05) is 33.5 Å². The van der Waals surface area contributed by atoms with Crippen molar-refractivity contribution in [1.29, 1.82) is 0 Å². The van der Waals surface area contributed by atoms with Gasteiger partial charge in [0, 0.05) is 19.4 Å². The number of fused-ring (bicyclic) bond motifs is 7. The van der Waals surface area contributed by atoms with Crippen molar-refractivity contribution in [2.45, 2.75) is 226 Å². The molecule has 24 nitrogen and oxygen atoms in total. The monoisotopic (exact) mass is 1080 g/mol. The fourth-order valence-electron chi connectivity index (χ4n) is 15.0. The summed E-state index contributed by atoms with van der Waals surface area (Å²) in [4.78, 5) is 0. The van der Waals surface area contributed by atoms with Gasteiger partial charge in [-0.15, -0.1) is 0 Å². The second-order valence-corrected chi connectivity index (χ2v) is 23.7. The van der Waals surface area contributed by atoms with Crippen LogP contribution < -0.4 is 0 Å². The third-order valence-electron chi connectivity index (χ3n) is 19.5. The van der Waals surface area contributed by atoms with Gasteiger partial charge in [0.15, 0.2) is 37.2 Å². The van der Waals surface area contributed by atoms with Gasteiger partial charge < -0.3 is 119 Å². The van der Waals surface area contributed by atoms with Gasteiger partial charge in [-0.3, -0.25) is 0 Å². The van der Waals surface area contributed by atoms with Crippen molar-refractivity contribution in [3.8, 4) is 0 Å². The molecular formula is C51H84O24. The van der Waals surface area contributed by atoms with Gasteiger partial charge in [-0.05, 0) is 91.8 Å². The molecule has 75 heavy (non-hydrogen) atoms. The highest BCUT2D eigenvalue weighted by molar-refractivity contribution is 5.26. The van der Waals surface area contributed by atoms with Crippen LogP contribution in [0.1, 0.15) is 85.5 Å². The van der Waals surface area contributed by atoms with E-state index >= 15 is 0 Å². The molecule has 9 aliphatic rings. The number of rotatable bonds is 16. The first-order valence-corrected chi connectivity index (χ1v) is 27.0. The van der Waals surface area contributed by atoms with Gasteiger partial charge >= 0.3 is 0 Å². The molecule has 0 spiro atoms. The molecule has 5 heterocycles. The number of allylic oxidation sites excluding steroid dienone is 1. The molecule has 5 saturated heterocycles.